The van der Waals surface area contributed by atoms with Crippen LogP contribution in [-0.2, 0) is 4.79 Å². The Bertz CT molecular complexity index is 744. The first-order chi connectivity index (χ1) is 13.6. The van der Waals surface area contributed by atoms with Crippen LogP contribution in [0.25, 0.3) is 0 Å². The van der Waals surface area contributed by atoms with Gasteiger partial charge in [-0.25, -0.2) is 0 Å². The Morgan fingerprint density at radius 3 is 2.75 bits per heavy atom. The maximum atomic E-state index is 10.6. The van der Waals surface area contributed by atoms with Crippen LogP contribution in [-0.4, -0.2) is 21.8 Å². The second kappa shape index (κ2) is 9.97. The largest absolute Gasteiger partial charge is 0.481 e. The van der Waals surface area contributed by atoms with Gasteiger partial charge in [0.2, 0.25) is 0 Å². The van der Waals surface area contributed by atoms with E-state index in [0.717, 1.165) is 36.0 Å². The third kappa shape index (κ3) is 5.28. The first-order valence-electron chi connectivity index (χ1n) is 10.3. The van der Waals surface area contributed by atoms with E-state index in [2.05, 4.69) is 29.6 Å². The highest BCUT2D eigenvalue weighted by Crippen LogP contribution is 2.54. The molecule has 0 heterocycles. The van der Waals surface area contributed by atoms with Gasteiger partial charge in [-0.05, 0) is 63.2 Å². The SMILES string of the molecule is CC(=NNC(=S)c1ccccc1)C1C2CCC(C2)C1C/C=C\CCCC(=O)O. The monoisotopic (exact) mass is 398 g/mol. The number of allylic oxidation sites excluding steroid dienone is 2. The molecule has 1 aromatic rings. The van der Waals surface area contributed by atoms with E-state index in [1.165, 1.54) is 19.3 Å². The van der Waals surface area contributed by atoms with Gasteiger partial charge in [-0.3, -0.25) is 10.2 Å². The van der Waals surface area contributed by atoms with E-state index in [4.69, 9.17) is 17.3 Å². The van der Waals surface area contributed by atoms with Gasteiger partial charge in [0.15, 0.2) is 0 Å². The number of carbonyl (C=O) groups is 1. The first kappa shape index (κ1) is 20.7. The molecule has 1 aromatic carbocycles. The van der Waals surface area contributed by atoms with Crippen LogP contribution in [0.5, 0.6) is 0 Å². The molecular formula is C23H30N2O2S. The van der Waals surface area contributed by atoms with E-state index < -0.39 is 5.97 Å². The molecule has 2 fully saturated rings. The number of nitrogens with zero attached hydrogens (tertiary/aromatic N) is 1. The molecule has 2 aliphatic carbocycles. The van der Waals surface area contributed by atoms with Crippen LogP contribution in [0.3, 0.4) is 0 Å². The van der Waals surface area contributed by atoms with Crippen LogP contribution in [0.4, 0.5) is 0 Å². The number of hydrogen-bond acceptors (Lipinski definition) is 3. The topological polar surface area (TPSA) is 61.7 Å². The van der Waals surface area contributed by atoms with Gasteiger partial charge in [-0.15, -0.1) is 0 Å². The Balaban J connectivity index is 1.56. The molecule has 3 rings (SSSR count). The number of hydrazone groups is 1. The van der Waals surface area contributed by atoms with E-state index in [1.807, 2.05) is 30.3 Å². The van der Waals surface area contributed by atoms with Gasteiger partial charge in [0, 0.05) is 23.6 Å². The number of fused-ring (bicyclic) bond motifs is 2. The summed E-state index contributed by atoms with van der Waals surface area (Å²) in [4.78, 5) is 11.3. The molecule has 2 saturated carbocycles. The molecule has 0 aromatic heterocycles. The van der Waals surface area contributed by atoms with E-state index in [-0.39, 0.29) is 6.42 Å². The molecule has 0 amide bonds. The number of nitrogens with one attached hydrogen (secondary N) is 1. The fraction of sp³-hybridized carbons (Fsp3) is 0.522. The number of benzene rings is 1. The molecule has 2 N–H and O–H groups in total. The van der Waals surface area contributed by atoms with Crippen molar-refractivity contribution >= 4 is 28.9 Å². The summed E-state index contributed by atoms with van der Waals surface area (Å²) in [6.07, 6.45) is 11.3. The summed E-state index contributed by atoms with van der Waals surface area (Å²) >= 11 is 5.47. The molecule has 150 valence electrons. The number of unbranched alkanes of at least 4 members (excludes halogenated alkanes) is 1. The fourth-order valence-electron chi connectivity index (χ4n) is 5.01. The molecule has 4 unspecified atom stereocenters. The first-order valence-corrected chi connectivity index (χ1v) is 10.7. The van der Waals surface area contributed by atoms with Crippen molar-refractivity contribution in [3.63, 3.8) is 0 Å². The van der Waals surface area contributed by atoms with E-state index in [1.54, 1.807) is 0 Å². The van der Waals surface area contributed by atoms with Crippen molar-refractivity contribution in [1.82, 2.24) is 5.43 Å². The van der Waals surface area contributed by atoms with Gasteiger partial charge < -0.3 is 5.11 Å². The Morgan fingerprint density at radius 1 is 1.25 bits per heavy atom. The summed E-state index contributed by atoms with van der Waals surface area (Å²) in [5, 5.41) is 13.4. The number of carboxylic acids is 1. The van der Waals surface area contributed by atoms with Gasteiger partial charge in [-0.2, -0.15) is 5.10 Å². The Labute approximate surface area is 173 Å². The van der Waals surface area contributed by atoms with E-state index in [9.17, 15) is 4.79 Å². The molecule has 4 atom stereocenters. The maximum absolute atomic E-state index is 10.6. The van der Waals surface area contributed by atoms with Crippen molar-refractivity contribution in [2.45, 2.75) is 51.9 Å². The summed E-state index contributed by atoms with van der Waals surface area (Å²) in [5.74, 6) is 1.99. The molecule has 4 nitrogen and oxygen atoms in total. The molecule has 0 spiro atoms. The lowest BCUT2D eigenvalue weighted by molar-refractivity contribution is -0.137. The van der Waals surface area contributed by atoms with Gasteiger partial charge in [0.1, 0.15) is 4.99 Å². The van der Waals surface area contributed by atoms with Crippen molar-refractivity contribution in [2.24, 2.45) is 28.8 Å². The van der Waals surface area contributed by atoms with E-state index in [0.29, 0.717) is 23.2 Å². The molecule has 0 saturated heterocycles. The van der Waals surface area contributed by atoms with Crippen molar-refractivity contribution in [3.8, 4) is 0 Å². The zero-order valence-corrected chi connectivity index (χ0v) is 17.3. The average molecular weight is 399 g/mol. The Kier molecular flexibility index (Phi) is 7.37. The van der Waals surface area contributed by atoms with Crippen molar-refractivity contribution in [3.05, 3.63) is 48.0 Å². The summed E-state index contributed by atoms with van der Waals surface area (Å²) in [5.41, 5.74) is 5.25. The molecule has 0 radical (unpaired) electrons. The van der Waals surface area contributed by atoms with Crippen LogP contribution in [0.15, 0.2) is 47.6 Å². The third-order valence-corrected chi connectivity index (χ3v) is 6.60. The summed E-state index contributed by atoms with van der Waals surface area (Å²) < 4.78 is 0. The average Bonchev–Trinajstić information content (AvgIpc) is 3.30. The molecule has 2 bridgehead atoms. The predicted molar refractivity (Wildman–Crippen MR) is 117 cm³/mol. The fourth-order valence-corrected chi connectivity index (χ4v) is 5.19. The highest BCUT2D eigenvalue weighted by Gasteiger charge is 2.47. The lowest BCUT2D eigenvalue weighted by atomic mass is 9.75. The normalized spacial score (nSPS) is 26.7. The van der Waals surface area contributed by atoms with Crippen LogP contribution in [0.2, 0.25) is 0 Å². The summed E-state index contributed by atoms with van der Waals surface area (Å²) in [6.45, 7) is 2.13. The molecule has 0 aliphatic heterocycles. The number of rotatable bonds is 9. The minimum absolute atomic E-state index is 0.250. The highest BCUT2D eigenvalue weighted by atomic mass is 32.1. The lowest BCUT2D eigenvalue weighted by Crippen LogP contribution is -2.30. The van der Waals surface area contributed by atoms with Crippen molar-refractivity contribution < 1.29 is 9.90 Å². The van der Waals surface area contributed by atoms with Gasteiger partial charge in [0.05, 0.1) is 0 Å². The minimum atomic E-state index is -0.714. The predicted octanol–water partition coefficient (Wildman–Crippen LogP) is 5.19. The van der Waals surface area contributed by atoms with Crippen molar-refractivity contribution in [2.75, 3.05) is 0 Å². The molecule has 5 heteroatoms. The number of thiocarbonyl (C=S) groups is 1. The standard InChI is InChI=1S/C23H30N2O2S/c1-16(24-25-23(28)17-9-5-4-6-10-17)22-19-14-13-18(15-19)20(22)11-7-2-3-8-12-21(26)27/h2,4-7,9-10,18-20,22H,3,8,11-15H2,1H3,(H,25,28)(H,26,27)/b7-2-,24-16?. The maximum Gasteiger partial charge on any atom is 0.303 e. The zero-order chi connectivity index (χ0) is 19.9. The van der Waals surface area contributed by atoms with E-state index >= 15 is 0 Å². The second-order valence-electron chi connectivity index (χ2n) is 8.08. The van der Waals surface area contributed by atoms with Crippen LogP contribution >= 0.6 is 12.2 Å². The van der Waals surface area contributed by atoms with Crippen LogP contribution < -0.4 is 5.43 Å². The van der Waals surface area contributed by atoms with Gasteiger partial charge in [0.25, 0.3) is 0 Å². The minimum Gasteiger partial charge on any atom is -0.481 e. The van der Waals surface area contributed by atoms with Gasteiger partial charge >= 0.3 is 5.97 Å². The van der Waals surface area contributed by atoms with Crippen LogP contribution in [0, 0.1) is 23.7 Å². The quantitative estimate of drug-likeness (QED) is 0.198. The number of aliphatic carboxylic acids is 1. The Hall–Kier alpha value is -2.01. The highest BCUT2D eigenvalue weighted by molar-refractivity contribution is 7.80. The van der Waals surface area contributed by atoms with Crippen LogP contribution in [0.1, 0.15) is 57.4 Å². The molecule has 28 heavy (non-hydrogen) atoms. The third-order valence-electron chi connectivity index (χ3n) is 6.28. The smallest absolute Gasteiger partial charge is 0.303 e. The molecular weight excluding hydrogens is 368 g/mol. The number of hydrogen-bond donors (Lipinski definition) is 2. The lowest BCUT2D eigenvalue weighted by Gasteiger charge is -2.30. The van der Waals surface area contributed by atoms with Gasteiger partial charge in [-0.1, -0.05) is 54.7 Å². The Morgan fingerprint density at radius 2 is 2.00 bits per heavy atom. The molecule has 2 aliphatic rings. The second-order valence-corrected chi connectivity index (χ2v) is 8.48. The summed E-state index contributed by atoms with van der Waals surface area (Å²) in [7, 11) is 0. The van der Waals surface area contributed by atoms with Crippen molar-refractivity contribution in [1.29, 1.82) is 0 Å². The zero-order valence-electron chi connectivity index (χ0n) is 16.5. The summed E-state index contributed by atoms with van der Waals surface area (Å²) in [6, 6.07) is 9.93. The number of carboxylic acid groups (broad SMARTS) is 1.